The Bertz CT molecular complexity index is 585. The maximum Gasteiger partial charge on any atom is 0.242 e. The van der Waals surface area contributed by atoms with Crippen molar-refractivity contribution in [2.45, 2.75) is 0 Å². The van der Waals surface area contributed by atoms with Crippen LogP contribution in [0.5, 0.6) is 5.75 Å². The maximum atomic E-state index is 12.2. The predicted molar refractivity (Wildman–Crippen MR) is 71.8 cm³/mol. The monoisotopic (exact) mass is 284 g/mol. The molecule has 1 aromatic carbocycles. The van der Waals surface area contributed by atoms with Crippen molar-refractivity contribution < 1.29 is 17.9 Å². The van der Waals surface area contributed by atoms with E-state index in [1.807, 2.05) is 12.1 Å². The van der Waals surface area contributed by atoms with Gasteiger partial charge in [-0.25, -0.2) is 8.42 Å². The number of ether oxygens (including phenoxy) is 1. The van der Waals surface area contributed by atoms with Gasteiger partial charge in [0, 0.05) is 7.05 Å². The fourth-order valence-corrected chi connectivity index (χ4v) is 2.17. The molecule has 7 heteroatoms. The van der Waals surface area contributed by atoms with E-state index >= 15 is 0 Å². The molecule has 0 bridgehead atoms. The van der Waals surface area contributed by atoms with Gasteiger partial charge in [-0.05, 0) is 12.1 Å². The van der Waals surface area contributed by atoms with E-state index in [1.165, 1.54) is 7.05 Å². The van der Waals surface area contributed by atoms with Crippen LogP contribution in [0.4, 0.5) is 5.69 Å². The fraction of sp³-hybridized carbons (Fsp3) is 0.417. The van der Waals surface area contributed by atoms with Gasteiger partial charge in [0.15, 0.2) is 0 Å². The summed E-state index contributed by atoms with van der Waals surface area (Å²) in [6, 6.07) is 7.21. The van der Waals surface area contributed by atoms with Gasteiger partial charge >= 0.3 is 0 Å². The van der Waals surface area contributed by atoms with Crippen molar-refractivity contribution in [3.8, 4) is 5.75 Å². The topological polar surface area (TPSA) is 66.9 Å². The van der Waals surface area contributed by atoms with Crippen molar-refractivity contribution in [2.24, 2.45) is 0 Å². The number of hydrogen-bond acceptors (Lipinski definition) is 4. The molecule has 0 fully saturated rings. The summed E-state index contributed by atoms with van der Waals surface area (Å²) < 4.78 is 29.1. The van der Waals surface area contributed by atoms with E-state index in [0.29, 0.717) is 24.6 Å². The van der Waals surface area contributed by atoms with E-state index in [2.05, 4.69) is 0 Å². The Balaban J connectivity index is 2.18. The molecule has 0 radical (unpaired) electrons. The molecular formula is C12H16N2O4S. The molecule has 1 aromatic rings. The maximum absolute atomic E-state index is 12.2. The molecule has 1 aliphatic heterocycles. The standard InChI is InChI=1S/C12H16N2O4S/c1-13(19(2,16)17)9-12(15)14-7-8-18-11-6-4-3-5-10(11)14/h3-6H,7-9H2,1-2H3. The smallest absolute Gasteiger partial charge is 0.242 e. The molecule has 0 aliphatic carbocycles. The van der Waals surface area contributed by atoms with E-state index in [4.69, 9.17) is 4.74 Å². The van der Waals surface area contributed by atoms with Crippen LogP contribution >= 0.6 is 0 Å². The number of carbonyl (C=O) groups is 1. The molecule has 0 unspecified atom stereocenters. The van der Waals surface area contributed by atoms with Crippen molar-refractivity contribution in [1.29, 1.82) is 0 Å². The normalized spacial score (nSPS) is 15.0. The molecule has 0 atom stereocenters. The van der Waals surface area contributed by atoms with E-state index in [1.54, 1.807) is 17.0 Å². The Hall–Kier alpha value is -1.60. The van der Waals surface area contributed by atoms with Gasteiger partial charge in [0.2, 0.25) is 15.9 Å². The lowest BCUT2D eigenvalue weighted by Crippen LogP contribution is -2.44. The van der Waals surface area contributed by atoms with Crippen LogP contribution in [0.3, 0.4) is 0 Å². The van der Waals surface area contributed by atoms with Crippen LogP contribution in [0.15, 0.2) is 24.3 Å². The zero-order valence-corrected chi connectivity index (χ0v) is 11.7. The van der Waals surface area contributed by atoms with Gasteiger partial charge in [-0.15, -0.1) is 0 Å². The van der Waals surface area contributed by atoms with Crippen LogP contribution in [0, 0.1) is 0 Å². The Morgan fingerprint density at radius 1 is 1.42 bits per heavy atom. The summed E-state index contributed by atoms with van der Waals surface area (Å²) in [5, 5.41) is 0. The molecule has 0 spiro atoms. The minimum Gasteiger partial charge on any atom is -0.490 e. The van der Waals surface area contributed by atoms with Crippen LogP contribution in [-0.4, -0.2) is 51.6 Å². The van der Waals surface area contributed by atoms with Gasteiger partial charge in [-0.2, -0.15) is 4.31 Å². The number of sulfonamides is 1. The third-order valence-corrected chi connectivity index (χ3v) is 4.22. The first-order valence-corrected chi connectivity index (χ1v) is 7.68. The van der Waals surface area contributed by atoms with E-state index < -0.39 is 10.0 Å². The molecule has 6 nitrogen and oxygen atoms in total. The highest BCUT2D eigenvalue weighted by Crippen LogP contribution is 2.30. The third-order valence-electron chi connectivity index (χ3n) is 2.95. The number of anilines is 1. The summed E-state index contributed by atoms with van der Waals surface area (Å²) >= 11 is 0. The van der Waals surface area contributed by atoms with Crippen LogP contribution in [0.1, 0.15) is 0 Å². The molecule has 0 N–H and O–H groups in total. The lowest BCUT2D eigenvalue weighted by Gasteiger charge is -2.30. The molecule has 1 aliphatic rings. The van der Waals surface area contributed by atoms with Crippen LogP contribution in [0.25, 0.3) is 0 Å². The molecular weight excluding hydrogens is 268 g/mol. The summed E-state index contributed by atoms with van der Waals surface area (Å²) in [6.45, 7) is 0.659. The lowest BCUT2D eigenvalue weighted by atomic mass is 10.2. The summed E-state index contributed by atoms with van der Waals surface area (Å²) in [7, 11) is -1.97. The summed E-state index contributed by atoms with van der Waals surface area (Å²) in [5.74, 6) is 0.382. The molecule has 19 heavy (non-hydrogen) atoms. The Morgan fingerprint density at radius 2 is 2.11 bits per heavy atom. The Labute approximate surface area is 112 Å². The highest BCUT2D eigenvalue weighted by Gasteiger charge is 2.25. The van der Waals surface area contributed by atoms with Crippen molar-refractivity contribution in [1.82, 2.24) is 4.31 Å². The van der Waals surface area contributed by atoms with Crippen LogP contribution in [-0.2, 0) is 14.8 Å². The van der Waals surface area contributed by atoms with E-state index in [-0.39, 0.29) is 12.5 Å². The average Bonchev–Trinajstić information content (AvgIpc) is 2.36. The van der Waals surface area contributed by atoms with Gasteiger partial charge in [0.05, 0.1) is 25.0 Å². The van der Waals surface area contributed by atoms with Crippen molar-refractivity contribution in [3.05, 3.63) is 24.3 Å². The second-order valence-electron chi connectivity index (χ2n) is 4.38. The number of hydrogen-bond donors (Lipinski definition) is 0. The highest BCUT2D eigenvalue weighted by atomic mass is 32.2. The minimum absolute atomic E-state index is 0.173. The van der Waals surface area contributed by atoms with Gasteiger partial charge in [-0.3, -0.25) is 4.79 Å². The van der Waals surface area contributed by atoms with Crippen molar-refractivity contribution in [3.63, 3.8) is 0 Å². The predicted octanol–water partition coefficient (Wildman–Crippen LogP) is 0.303. The molecule has 1 heterocycles. The van der Waals surface area contributed by atoms with E-state index in [9.17, 15) is 13.2 Å². The molecule has 0 saturated carbocycles. The second-order valence-corrected chi connectivity index (χ2v) is 6.47. The highest BCUT2D eigenvalue weighted by molar-refractivity contribution is 7.88. The fourth-order valence-electron chi connectivity index (χ4n) is 1.82. The summed E-state index contributed by atoms with van der Waals surface area (Å²) in [6.07, 6.45) is 1.08. The van der Waals surface area contributed by atoms with Crippen molar-refractivity contribution in [2.75, 3.05) is 37.9 Å². The van der Waals surface area contributed by atoms with Crippen LogP contribution < -0.4 is 9.64 Å². The molecule has 0 saturated heterocycles. The molecule has 104 valence electrons. The summed E-state index contributed by atoms with van der Waals surface area (Å²) in [5.41, 5.74) is 0.681. The van der Waals surface area contributed by atoms with Crippen molar-refractivity contribution >= 4 is 21.6 Å². The van der Waals surface area contributed by atoms with E-state index in [0.717, 1.165) is 10.6 Å². The quantitative estimate of drug-likeness (QED) is 0.801. The van der Waals surface area contributed by atoms with Gasteiger partial charge in [0.25, 0.3) is 0 Å². The molecule has 2 rings (SSSR count). The first kappa shape index (κ1) is 13.8. The Morgan fingerprint density at radius 3 is 2.79 bits per heavy atom. The van der Waals surface area contributed by atoms with Gasteiger partial charge in [0.1, 0.15) is 12.4 Å². The van der Waals surface area contributed by atoms with Gasteiger partial charge in [-0.1, -0.05) is 12.1 Å². The second kappa shape index (κ2) is 5.18. The van der Waals surface area contributed by atoms with Gasteiger partial charge < -0.3 is 9.64 Å². The number of fused-ring (bicyclic) bond motifs is 1. The summed E-state index contributed by atoms with van der Waals surface area (Å²) in [4.78, 5) is 13.7. The molecule has 1 amide bonds. The first-order chi connectivity index (χ1) is 8.89. The lowest BCUT2D eigenvalue weighted by molar-refractivity contribution is -0.118. The largest absolute Gasteiger partial charge is 0.490 e. The number of amides is 1. The minimum atomic E-state index is -3.36. The third kappa shape index (κ3) is 3.05. The number of benzene rings is 1. The molecule has 0 aromatic heterocycles. The number of rotatable bonds is 3. The number of para-hydroxylation sites is 2. The number of carbonyl (C=O) groups excluding carboxylic acids is 1. The zero-order valence-electron chi connectivity index (χ0n) is 10.9. The SMILES string of the molecule is CN(CC(=O)N1CCOc2ccccc21)S(C)(=O)=O. The first-order valence-electron chi connectivity index (χ1n) is 5.83. The number of nitrogens with zero attached hydrogens (tertiary/aromatic N) is 2. The average molecular weight is 284 g/mol. The van der Waals surface area contributed by atoms with Crippen LogP contribution in [0.2, 0.25) is 0 Å². The zero-order chi connectivity index (χ0) is 14.0. The Kier molecular flexibility index (Phi) is 3.77. The number of likely N-dealkylation sites (N-methyl/N-ethyl adjacent to an activating group) is 1.